The molecule has 0 aromatic heterocycles. The molecule has 0 aromatic carbocycles. The minimum Gasteiger partial charge on any atom is -0.480 e. The molecule has 0 bridgehead atoms. The van der Waals surface area contributed by atoms with Gasteiger partial charge in [0.25, 0.3) is 0 Å². The Balaban J connectivity index is 0.000000183. The summed E-state index contributed by atoms with van der Waals surface area (Å²) in [6.45, 7) is 3.51. The summed E-state index contributed by atoms with van der Waals surface area (Å²) in [6.07, 6.45) is 2.56. The molecule has 1 aliphatic rings. The summed E-state index contributed by atoms with van der Waals surface area (Å²) in [5, 5.41) is 7.38. The Morgan fingerprint density at radius 2 is 1.91 bits per heavy atom. The SMILES string of the molecule is C1CCOC1.CC(S)C(=O)O. The van der Waals surface area contributed by atoms with E-state index in [0.717, 1.165) is 13.2 Å². The molecule has 3 nitrogen and oxygen atoms in total. The van der Waals surface area contributed by atoms with Gasteiger partial charge in [0.2, 0.25) is 0 Å². The third kappa shape index (κ3) is 7.68. The summed E-state index contributed by atoms with van der Waals surface area (Å²) in [4.78, 5) is 9.62. The Bertz CT molecular complexity index is 103. The summed E-state index contributed by atoms with van der Waals surface area (Å²) < 4.78 is 4.94. The van der Waals surface area contributed by atoms with Crippen molar-refractivity contribution in [2.24, 2.45) is 0 Å². The van der Waals surface area contributed by atoms with Gasteiger partial charge in [0.05, 0.1) is 5.25 Å². The zero-order valence-corrected chi connectivity index (χ0v) is 7.51. The molecule has 1 heterocycles. The van der Waals surface area contributed by atoms with Crippen molar-refractivity contribution in [3.63, 3.8) is 0 Å². The third-order valence-electron chi connectivity index (χ3n) is 1.18. The van der Waals surface area contributed by atoms with Gasteiger partial charge in [-0.25, -0.2) is 0 Å². The van der Waals surface area contributed by atoms with Gasteiger partial charge in [0.1, 0.15) is 0 Å². The van der Waals surface area contributed by atoms with Gasteiger partial charge < -0.3 is 9.84 Å². The molecule has 66 valence electrons. The molecule has 11 heavy (non-hydrogen) atoms. The van der Waals surface area contributed by atoms with Crippen LogP contribution in [0.5, 0.6) is 0 Å². The first-order valence-corrected chi connectivity index (χ1v) is 4.15. The van der Waals surface area contributed by atoms with Crippen LogP contribution in [0.25, 0.3) is 0 Å². The summed E-state index contributed by atoms with van der Waals surface area (Å²) >= 11 is 3.59. The standard InChI is InChI=1S/C4H8O.C3H6O2S/c1-2-4-5-3-1;1-2(6)3(4)5/h1-4H2;2,6H,1H3,(H,4,5). The molecule has 0 aromatic rings. The number of carboxylic acids is 1. The Kier molecular flexibility index (Phi) is 6.36. The Hall–Kier alpha value is -0.220. The van der Waals surface area contributed by atoms with Crippen molar-refractivity contribution in [2.75, 3.05) is 13.2 Å². The van der Waals surface area contributed by atoms with Crippen molar-refractivity contribution in [3.8, 4) is 0 Å². The molecule has 1 aliphatic heterocycles. The zero-order valence-electron chi connectivity index (χ0n) is 6.62. The maximum atomic E-state index is 9.62. The van der Waals surface area contributed by atoms with Crippen LogP contribution in [0, 0.1) is 0 Å². The number of ether oxygens (including phenoxy) is 1. The average molecular weight is 178 g/mol. The first kappa shape index (κ1) is 10.8. The van der Waals surface area contributed by atoms with Crippen molar-refractivity contribution < 1.29 is 14.6 Å². The predicted octanol–water partition coefficient (Wildman–Crippen LogP) is 1.19. The molecule has 1 N–H and O–H groups in total. The predicted molar refractivity (Wildman–Crippen MR) is 46.1 cm³/mol. The minimum atomic E-state index is -0.877. The molecule has 0 saturated carbocycles. The van der Waals surface area contributed by atoms with Gasteiger partial charge in [-0.2, -0.15) is 12.6 Å². The number of thiol groups is 1. The molecule has 1 rings (SSSR count). The lowest BCUT2D eigenvalue weighted by Gasteiger charge is -1.88. The van der Waals surface area contributed by atoms with E-state index in [0.29, 0.717) is 0 Å². The molecular weight excluding hydrogens is 164 g/mol. The second-order valence-electron chi connectivity index (χ2n) is 2.33. The smallest absolute Gasteiger partial charge is 0.316 e. The number of aliphatic carboxylic acids is 1. The molecule has 1 atom stereocenters. The number of hydrogen-bond donors (Lipinski definition) is 2. The van der Waals surface area contributed by atoms with Crippen LogP contribution in [0.15, 0.2) is 0 Å². The van der Waals surface area contributed by atoms with Crippen LogP contribution in [0.3, 0.4) is 0 Å². The quantitative estimate of drug-likeness (QED) is 0.593. The van der Waals surface area contributed by atoms with Crippen LogP contribution < -0.4 is 0 Å². The van der Waals surface area contributed by atoms with Crippen LogP contribution >= 0.6 is 12.6 Å². The van der Waals surface area contributed by atoms with Crippen molar-refractivity contribution in [1.29, 1.82) is 0 Å². The molecule has 0 radical (unpaired) electrons. The van der Waals surface area contributed by atoms with Crippen molar-refractivity contribution in [1.82, 2.24) is 0 Å². The lowest BCUT2D eigenvalue weighted by Crippen LogP contribution is -2.06. The lowest BCUT2D eigenvalue weighted by atomic mass is 10.4. The van der Waals surface area contributed by atoms with Gasteiger partial charge in [-0.05, 0) is 19.8 Å². The third-order valence-corrected chi connectivity index (χ3v) is 1.41. The van der Waals surface area contributed by atoms with Crippen LogP contribution in [-0.2, 0) is 9.53 Å². The van der Waals surface area contributed by atoms with Gasteiger partial charge >= 0.3 is 5.97 Å². The number of carboxylic acid groups (broad SMARTS) is 1. The fourth-order valence-corrected chi connectivity index (χ4v) is 0.510. The Morgan fingerprint density at radius 3 is 2.00 bits per heavy atom. The normalized spacial score (nSPS) is 18.4. The van der Waals surface area contributed by atoms with E-state index in [4.69, 9.17) is 9.84 Å². The Labute approximate surface area is 72.2 Å². The number of rotatable bonds is 1. The second kappa shape index (κ2) is 6.49. The van der Waals surface area contributed by atoms with Crippen molar-refractivity contribution in [2.45, 2.75) is 25.0 Å². The van der Waals surface area contributed by atoms with E-state index < -0.39 is 11.2 Å². The van der Waals surface area contributed by atoms with Crippen LogP contribution in [-0.4, -0.2) is 29.5 Å². The molecule has 0 spiro atoms. The fourth-order valence-electron chi connectivity index (χ4n) is 0.510. The largest absolute Gasteiger partial charge is 0.480 e. The van der Waals surface area contributed by atoms with E-state index in [1.165, 1.54) is 19.8 Å². The van der Waals surface area contributed by atoms with Gasteiger partial charge in [-0.1, -0.05) is 0 Å². The highest BCUT2D eigenvalue weighted by atomic mass is 32.1. The monoisotopic (exact) mass is 178 g/mol. The highest BCUT2D eigenvalue weighted by Gasteiger charge is 2.00. The molecule has 1 unspecified atom stereocenters. The van der Waals surface area contributed by atoms with Crippen molar-refractivity contribution >= 4 is 18.6 Å². The number of carbonyl (C=O) groups is 1. The maximum absolute atomic E-state index is 9.62. The first-order chi connectivity index (χ1) is 5.14. The van der Waals surface area contributed by atoms with Gasteiger partial charge in [0.15, 0.2) is 0 Å². The lowest BCUT2D eigenvalue weighted by molar-refractivity contribution is -0.136. The molecule has 0 amide bonds. The molecule has 0 aliphatic carbocycles. The van der Waals surface area contributed by atoms with Crippen LogP contribution in [0.4, 0.5) is 0 Å². The Morgan fingerprint density at radius 1 is 1.55 bits per heavy atom. The zero-order chi connectivity index (χ0) is 8.69. The summed E-state index contributed by atoms with van der Waals surface area (Å²) in [5.41, 5.74) is 0. The van der Waals surface area contributed by atoms with E-state index in [1.807, 2.05) is 0 Å². The minimum absolute atomic E-state index is 0.537. The number of hydrogen-bond acceptors (Lipinski definition) is 3. The van der Waals surface area contributed by atoms with Crippen LogP contribution in [0.2, 0.25) is 0 Å². The summed E-state index contributed by atoms with van der Waals surface area (Å²) in [6, 6.07) is 0. The molecule has 1 fully saturated rings. The molecule has 1 saturated heterocycles. The topological polar surface area (TPSA) is 46.5 Å². The van der Waals surface area contributed by atoms with E-state index in [9.17, 15) is 4.79 Å². The highest BCUT2D eigenvalue weighted by molar-refractivity contribution is 7.81. The van der Waals surface area contributed by atoms with E-state index in [2.05, 4.69) is 12.6 Å². The first-order valence-electron chi connectivity index (χ1n) is 3.63. The van der Waals surface area contributed by atoms with E-state index >= 15 is 0 Å². The van der Waals surface area contributed by atoms with Gasteiger partial charge in [-0.15, -0.1) is 0 Å². The van der Waals surface area contributed by atoms with E-state index in [-0.39, 0.29) is 0 Å². The summed E-state index contributed by atoms with van der Waals surface area (Å²) in [7, 11) is 0. The van der Waals surface area contributed by atoms with E-state index in [1.54, 1.807) is 0 Å². The summed E-state index contributed by atoms with van der Waals surface area (Å²) in [5.74, 6) is -0.877. The van der Waals surface area contributed by atoms with Crippen molar-refractivity contribution in [3.05, 3.63) is 0 Å². The van der Waals surface area contributed by atoms with Gasteiger partial charge in [0, 0.05) is 13.2 Å². The maximum Gasteiger partial charge on any atom is 0.316 e. The average Bonchev–Trinajstić information content (AvgIpc) is 2.41. The molecule has 4 heteroatoms. The second-order valence-corrected chi connectivity index (χ2v) is 3.11. The highest BCUT2D eigenvalue weighted by Crippen LogP contribution is 1.98. The van der Waals surface area contributed by atoms with Gasteiger partial charge in [-0.3, -0.25) is 4.79 Å². The molecular formula is C7H14O3S. The fraction of sp³-hybridized carbons (Fsp3) is 0.857. The van der Waals surface area contributed by atoms with Crippen LogP contribution in [0.1, 0.15) is 19.8 Å².